The van der Waals surface area contributed by atoms with Crippen LogP contribution in [0.5, 0.6) is 0 Å². The van der Waals surface area contributed by atoms with Crippen LogP contribution in [0.4, 0.5) is 0 Å². The molecule has 0 unspecified atom stereocenters. The Morgan fingerprint density at radius 3 is 2.39 bits per heavy atom. The number of aromatic nitrogens is 1. The second-order valence-corrected chi connectivity index (χ2v) is 6.23. The van der Waals surface area contributed by atoms with Crippen LogP contribution in [0.3, 0.4) is 0 Å². The number of benzene rings is 2. The monoisotopic (exact) mass is 322 g/mol. The Bertz CT molecular complexity index is 795. The molecule has 23 heavy (non-hydrogen) atoms. The van der Waals surface area contributed by atoms with Gasteiger partial charge in [-0.05, 0) is 19.4 Å². The van der Waals surface area contributed by atoms with Gasteiger partial charge < -0.3 is 4.84 Å². The number of oxime groups is 1. The number of thiazole rings is 1. The van der Waals surface area contributed by atoms with Gasteiger partial charge in [-0.15, -0.1) is 11.3 Å². The first-order chi connectivity index (χ1) is 11.2. The van der Waals surface area contributed by atoms with E-state index in [4.69, 9.17) is 4.84 Å². The molecule has 0 bridgehead atoms. The highest BCUT2D eigenvalue weighted by Gasteiger charge is 2.12. The molecule has 0 radical (unpaired) electrons. The van der Waals surface area contributed by atoms with Crippen molar-refractivity contribution >= 4 is 17.0 Å². The van der Waals surface area contributed by atoms with E-state index in [9.17, 15) is 0 Å². The highest BCUT2D eigenvalue weighted by molar-refractivity contribution is 7.17. The van der Waals surface area contributed by atoms with Gasteiger partial charge in [0.25, 0.3) is 0 Å². The van der Waals surface area contributed by atoms with E-state index in [-0.39, 0.29) is 0 Å². The van der Waals surface area contributed by atoms with Crippen molar-refractivity contribution in [3.8, 4) is 10.6 Å². The zero-order valence-corrected chi connectivity index (χ0v) is 14.0. The summed E-state index contributed by atoms with van der Waals surface area (Å²) in [4.78, 5) is 11.2. The SMILES string of the molecule is C/C(=N\OCc1ccccc1)c1sc(-c2ccccc2)nc1C. The Balaban J connectivity index is 1.73. The van der Waals surface area contributed by atoms with Gasteiger partial charge in [0, 0.05) is 5.56 Å². The minimum absolute atomic E-state index is 0.474. The molecule has 1 heterocycles. The molecule has 0 N–H and O–H groups in total. The first kappa shape index (κ1) is 15.4. The van der Waals surface area contributed by atoms with Gasteiger partial charge in [0.05, 0.1) is 16.3 Å². The summed E-state index contributed by atoms with van der Waals surface area (Å²) in [7, 11) is 0. The van der Waals surface area contributed by atoms with Crippen LogP contribution in [0.1, 0.15) is 23.1 Å². The molecule has 4 heteroatoms. The van der Waals surface area contributed by atoms with E-state index < -0.39 is 0 Å². The van der Waals surface area contributed by atoms with Gasteiger partial charge in [0.1, 0.15) is 11.6 Å². The van der Waals surface area contributed by atoms with Crippen LogP contribution in [0, 0.1) is 6.92 Å². The molecular formula is C19H18N2OS. The molecule has 0 aliphatic rings. The highest BCUT2D eigenvalue weighted by Crippen LogP contribution is 2.28. The summed E-state index contributed by atoms with van der Waals surface area (Å²) in [5, 5.41) is 5.25. The van der Waals surface area contributed by atoms with E-state index >= 15 is 0 Å². The predicted molar refractivity (Wildman–Crippen MR) is 95.7 cm³/mol. The van der Waals surface area contributed by atoms with E-state index in [1.54, 1.807) is 11.3 Å². The molecule has 116 valence electrons. The molecule has 0 saturated carbocycles. The molecule has 3 nitrogen and oxygen atoms in total. The van der Waals surface area contributed by atoms with Crippen molar-refractivity contribution in [2.75, 3.05) is 0 Å². The quantitative estimate of drug-likeness (QED) is 0.486. The summed E-state index contributed by atoms with van der Waals surface area (Å²) >= 11 is 1.65. The third-order valence-corrected chi connectivity index (χ3v) is 4.74. The number of hydrogen-bond donors (Lipinski definition) is 0. The summed E-state index contributed by atoms with van der Waals surface area (Å²) < 4.78 is 0. The van der Waals surface area contributed by atoms with Crippen molar-refractivity contribution in [1.29, 1.82) is 0 Å². The van der Waals surface area contributed by atoms with Gasteiger partial charge in [-0.1, -0.05) is 65.8 Å². The Morgan fingerprint density at radius 2 is 1.70 bits per heavy atom. The molecule has 3 aromatic rings. The summed E-state index contributed by atoms with van der Waals surface area (Å²) in [5.41, 5.74) is 4.08. The maximum absolute atomic E-state index is 5.47. The van der Waals surface area contributed by atoms with Crippen LogP contribution < -0.4 is 0 Å². The molecule has 0 atom stereocenters. The van der Waals surface area contributed by atoms with Gasteiger partial charge >= 0.3 is 0 Å². The minimum atomic E-state index is 0.474. The predicted octanol–water partition coefficient (Wildman–Crippen LogP) is 5.06. The maximum Gasteiger partial charge on any atom is 0.142 e. The van der Waals surface area contributed by atoms with Crippen molar-refractivity contribution in [2.45, 2.75) is 20.5 Å². The normalized spacial score (nSPS) is 11.5. The Labute approximate surface area is 140 Å². The van der Waals surface area contributed by atoms with E-state index in [2.05, 4.69) is 22.3 Å². The van der Waals surface area contributed by atoms with Crippen molar-refractivity contribution in [3.63, 3.8) is 0 Å². The van der Waals surface area contributed by atoms with Crippen molar-refractivity contribution in [3.05, 3.63) is 76.8 Å². The average Bonchev–Trinajstić information content (AvgIpc) is 2.98. The highest BCUT2D eigenvalue weighted by atomic mass is 32.1. The third kappa shape index (κ3) is 3.85. The Morgan fingerprint density at radius 1 is 1.04 bits per heavy atom. The molecule has 0 saturated heterocycles. The third-order valence-electron chi connectivity index (χ3n) is 3.42. The van der Waals surface area contributed by atoms with Crippen LogP contribution in [0.15, 0.2) is 65.8 Å². The Kier molecular flexibility index (Phi) is 4.83. The molecular weight excluding hydrogens is 304 g/mol. The van der Waals surface area contributed by atoms with E-state index in [0.29, 0.717) is 6.61 Å². The molecule has 0 spiro atoms. The standard InChI is InChI=1S/C19H18N2OS/c1-14-18(23-19(20-14)17-11-7-4-8-12-17)15(2)21-22-13-16-9-5-3-6-10-16/h3-12H,13H2,1-2H3/b21-15+. The van der Waals surface area contributed by atoms with Crippen molar-refractivity contribution in [1.82, 2.24) is 4.98 Å². The number of rotatable bonds is 5. The van der Waals surface area contributed by atoms with Crippen LogP contribution in [-0.2, 0) is 11.4 Å². The number of aryl methyl sites for hydroxylation is 1. The molecule has 0 aliphatic carbocycles. The second kappa shape index (κ2) is 7.20. The van der Waals surface area contributed by atoms with Crippen LogP contribution in [0.2, 0.25) is 0 Å². The fourth-order valence-corrected chi connectivity index (χ4v) is 3.26. The first-order valence-corrected chi connectivity index (χ1v) is 8.29. The van der Waals surface area contributed by atoms with Crippen LogP contribution in [0.25, 0.3) is 10.6 Å². The molecule has 2 aromatic carbocycles. The second-order valence-electron chi connectivity index (χ2n) is 5.24. The lowest BCUT2D eigenvalue weighted by molar-refractivity contribution is 0.130. The topological polar surface area (TPSA) is 34.5 Å². The lowest BCUT2D eigenvalue weighted by Crippen LogP contribution is -1.96. The lowest BCUT2D eigenvalue weighted by Gasteiger charge is -2.01. The van der Waals surface area contributed by atoms with Crippen LogP contribution >= 0.6 is 11.3 Å². The fourth-order valence-electron chi connectivity index (χ4n) is 2.26. The molecule has 1 aromatic heterocycles. The van der Waals surface area contributed by atoms with Crippen LogP contribution in [-0.4, -0.2) is 10.7 Å². The molecule has 3 rings (SSSR count). The van der Waals surface area contributed by atoms with E-state index in [1.807, 2.05) is 62.4 Å². The van der Waals surface area contributed by atoms with Gasteiger partial charge in [0.15, 0.2) is 0 Å². The zero-order chi connectivity index (χ0) is 16.1. The van der Waals surface area contributed by atoms with Gasteiger partial charge in [-0.25, -0.2) is 4.98 Å². The smallest absolute Gasteiger partial charge is 0.142 e. The van der Waals surface area contributed by atoms with Crippen molar-refractivity contribution < 1.29 is 4.84 Å². The lowest BCUT2D eigenvalue weighted by atomic mass is 10.2. The zero-order valence-electron chi connectivity index (χ0n) is 13.2. The molecule has 0 aliphatic heterocycles. The minimum Gasteiger partial charge on any atom is -0.391 e. The van der Waals surface area contributed by atoms with E-state index in [0.717, 1.165) is 32.4 Å². The maximum atomic E-state index is 5.47. The van der Waals surface area contributed by atoms with E-state index in [1.165, 1.54) is 0 Å². The summed E-state index contributed by atoms with van der Waals surface area (Å²) in [5.74, 6) is 0. The summed E-state index contributed by atoms with van der Waals surface area (Å²) in [6, 6.07) is 20.2. The Hall–Kier alpha value is -2.46. The largest absolute Gasteiger partial charge is 0.391 e. The van der Waals surface area contributed by atoms with Gasteiger partial charge in [0.2, 0.25) is 0 Å². The summed E-state index contributed by atoms with van der Waals surface area (Å²) in [6.45, 7) is 4.44. The van der Waals surface area contributed by atoms with Gasteiger partial charge in [-0.2, -0.15) is 0 Å². The first-order valence-electron chi connectivity index (χ1n) is 7.48. The summed E-state index contributed by atoms with van der Waals surface area (Å²) in [6.07, 6.45) is 0. The number of nitrogens with zero attached hydrogens (tertiary/aromatic N) is 2. The average molecular weight is 322 g/mol. The fraction of sp³-hybridized carbons (Fsp3) is 0.158. The number of hydrogen-bond acceptors (Lipinski definition) is 4. The molecule has 0 fully saturated rings. The van der Waals surface area contributed by atoms with Crippen molar-refractivity contribution in [2.24, 2.45) is 5.16 Å². The molecule has 0 amide bonds. The van der Waals surface area contributed by atoms with Gasteiger partial charge in [-0.3, -0.25) is 0 Å².